The predicted octanol–water partition coefficient (Wildman–Crippen LogP) is 0.171. The Labute approximate surface area is 30.6 Å². The highest BCUT2D eigenvalue weighted by atomic mass is 31.0. The highest BCUT2D eigenvalue weighted by Crippen LogP contribution is 1.83. The molecule has 0 saturated heterocycles. The van der Waals surface area contributed by atoms with E-state index in [1.54, 1.807) is 5.93 Å². The zero-order chi connectivity index (χ0) is 3.54. The van der Waals surface area contributed by atoms with E-state index >= 15 is 0 Å². The van der Waals surface area contributed by atoms with Gasteiger partial charge in [0, 0.05) is 0 Å². The maximum atomic E-state index is 3.46. The van der Waals surface area contributed by atoms with Crippen molar-refractivity contribution >= 4 is 8.35 Å². The molecule has 0 aliphatic carbocycles. The van der Waals surface area contributed by atoms with Crippen molar-refractivity contribution in [2.24, 2.45) is 0 Å². The Morgan fingerprint density at radius 2 is 2.60 bits per heavy atom. The minimum absolute atomic E-state index is 0.858. The van der Waals surface area contributed by atoms with Crippen molar-refractivity contribution in [1.82, 2.24) is 15.2 Å². The summed E-state index contributed by atoms with van der Waals surface area (Å²) in [7, 11) is 0.858. The van der Waals surface area contributed by atoms with Crippen LogP contribution in [-0.4, -0.2) is 15.2 Å². The number of rotatable bonds is 0. The highest BCUT2D eigenvalue weighted by molar-refractivity contribution is 7.24. The first-order valence-electron chi connectivity index (χ1n) is 1.12. The maximum absolute atomic E-state index is 3.46. The first-order chi connectivity index (χ1) is 2.50. The van der Waals surface area contributed by atoms with Crippen LogP contribution in [0.4, 0.5) is 0 Å². The molecule has 0 aromatic carbocycles. The monoisotopic (exact) mass is 86.0 g/mol. The minimum atomic E-state index is 0.858. The van der Waals surface area contributed by atoms with Gasteiger partial charge in [-0.3, -0.25) is 0 Å². The molecule has 0 amide bonds. The van der Waals surface area contributed by atoms with Crippen molar-refractivity contribution < 1.29 is 0 Å². The summed E-state index contributed by atoms with van der Waals surface area (Å²) in [4.78, 5) is 3.46. The van der Waals surface area contributed by atoms with E-state index in [1.807, 2.05) is 0 Å². The first kappa shape index (κ1) is 2.79. The van der Waals surface area contributed by atoms with Crippen LogP contribution in [0.3, 0.4) is 0 Å². The average molecular weight is 86.0 g/mol. The molecule has 0 bridgehead atoms. The van der Waals surface area contributed by atoms with Crippen LogP contribution in [0.5, 0.6) is 0 Å². The molecular formula is CHN3P-. The fourth-order valence-electron chi connectivity index (χ4n) is 0.115. The van der Waals surface area contributed by atoms with E-state index in [2.05, 4.69) is 15.2 Å². The van der Waals surface area contributed by atoms with E-state index in [0.29, 0.717) is 0 Å². The summed E-state index contributed by atoms with van der Waals surface area (Å²) in [5.74, 6) is 1.62. The van der Waals surface area contributed by atoms with E-state index in [1.165, 1.54) is 0 Å². The minimum Gasteiger partial charge on any atom is -0.375 e. The second-order valence-corrected chi connectivity index (χ2v) is 1.17. The molecule has 1 aromatic rings. The summed E-state index contributed by atoms with van der Waals surface area (Å²) in [6, 6.07) is 0. The van der Waals surface area contributed by atoms with Gasteiger partial charge in [0.15, 0.2) is 0 Å². The molecule has 1 aromatic heterocycles. The lowest BCUT2D eigenvalue weighted by atomic mass is 11.7. The molecule has 0 N–H and O–H groups in total. The molecule has 5 heavy (non-hydrogen) atoms. The van der Waals surface area contributed by atoms with Gasteiger partial charge in [0.1, 0.15) is 0 Å². The average Bonchev–Trinajstić information content (AvgIpc) is 1.76. The summed E-state index contributed by atoms with van der Waals surface area (Å²) in [6.07, 6.45) is 0. The zero-order valence-corrected chi connectivity index (χ0v) is 3.26. The van der Waals surface area contributed by atoms with Gasteiger partial charge in [-0.2, -0.15) is 5.10 Å². The van der Waals surface area contributed by atoms with Crippen LogP contribution in [0, 0.1) is 0 Å². The Hall–Kier alpha value is -0.430. The van der Waals surface area contributed by atoms with Gasteiger partial charge < -0.3 is 13.2 Å². The summed E-state index contributed by atoms with van der Waals surface area (Å²) >= 11 is 0. The normalized spacial score (nSPS) is 9.60. The second-order valence-electron chi connectivity index (χ2n) is 0.525. The highest BCUT2D eigenvalue weighted by Gasteiger charge is 1.43. The lowest BCUT2D eigenvalue weighted by Gasteiger charge is -1.61. The quantitative estimate of drug-likeness (QED) is 0.451. The zero-order valence-electron chi connectivity index (χ0n) is 2.37. The van der Waals surface area contributed by atoms with Crippen LogP contribution in [-0.2, 0) is 0 Å². The van der Waals surface area contributed by atoms with Crippen molar-refractivity contribution in [3.8, 4) is 0 Å². The smallest absolute Gasteiger partial charge is 0.0828 e. The van der Waals surface area contributed by atoms with Gasteiger partial charge in [0.2, 0.25) is 0 Å². The van der Waals surface area contributed by atoms with Crippen molar-refractivity contribution in [2.75, 3.05) is 0 Å². The van der Waals surface area contributed by atoms with Crippen LogP contribution in [0.2, 0.25) is 0 Å². The van der Waals surface area contributed by atoms with Crippen LogP contribution in [0.25, 0.3) is 0 Å². The maximum Gasteiger partial charge on any atom is -0.0828 e. The summed E-state index contributed by atoms with van der Waals surface area (Å²) in [6.45, 7) is 0. The predicted molar refractivity (Wildman–Crippen MR) is 17.9 cm³/mol. The van der Waals surface area contributed by atoms with Gasteiger partial charge in [-0.15, -0.1) is 0 Å². The molecule has 1 rings (SSSR count). The molecule has 0 aliphatic heterocycles. The molecule has 0 fully saturated rings. The lowest BCUT2D eigenvalue weighted by molar-refractivity contribution is 0.958. The van der Waals surface area contributed by atoms with E-state index in [0.717, 1.165) is 8.35 Å². The molecular weight excluding hydrogens is 85.0 g/mol. The van der Waals surface area contributed by atoms with Gasteiger partial charge in [0.05, 0.1) is 0 Å². The molecule has 26 valence electrons. The molecule has 0 spiro atoms. The number of hydrogen-bond acceptors (Lipinski definition) is 3. The number of hydrogen-bond donors (Lipinski definition) is 0. The van der Waals surface area contributed by atoms with Gasteiger partial charge in [-0.1, -0.05) is 11.1 Å². The third-order valence-corrected chi connectivity index (χ3v) is 0.636. The van der Waals surface area contributed by atoms with Crippen LogP contribution in [0.1, 0.15) is 0 Å². The lowest BCUT2D eigenvalue weighted by Crippen LogP contribution is -1.60. The Morgan fingerprint density at radius 1 is 1.60 bits per heavy atom. The first-order valence-corrected chi connectivity index (χ1v) is 2.03. The fraction of sp³-hybridized carbons (Fsp3) is 0. The molecule has 0 radical (unpaired) electrons. The number of aromatic nitrogens is 3. The molecule has 4 heteroatoms. The molecule has 0 saturated carbocycles. The molecule has 3 nitrogen and oxygen atoms in total. The van der Waals surface area contributed by atoms with Crippen LogP contribution < -0.4 is 0 Å². The van der Waals surface area contributed by atoms with Crippen molar-refractivity contribution in [3.63, 3.8) is 0 Å². The Morgan fingerprint density at radius 3 is 2.80 bits per heavy atom. The Kier molecular flexibility index (Phi) is 0.630. The molecule has 0 unspecified atom stereocenters. The van der Waals surface area contributed by atoms with E-state index < -0.39 is 0 Å². The van der Waals surface area contributed by atoms with Crippen LogP contribution in [0.15, 0.2) is 5.93 Å². The largest absolute Gasteiger partial charge is 0.375 e. The second kappa shape index (κ2) is 1.13. The third-order valence-electron chi connectivity index (χ3n) is 0.247. The van der Waals surface area contributed by atoms with E-state index in [9.17, 15) is 0 Å². The van der Waals surface area contributed by atoms with E-state index in [-0.39, 0.29) is 0 Å². The van der Waals surface area contributed by atoms with Crippen molar-refractivity contribution in [1.29, 1.82) is 0 Å². The molecule has 0 aliphatic rings. The van der Waals surface area contributed by atoms with Gasteiger partial charge in [0.25, 0.3) is 0 Å². The van der Waals surface area contributed by atoms with Crippen molar-refractivity contribution in [2.45, 2.75) is 0 Å². The van der Waals surface area contributed by atoms with E-state index in [4.69, 9.17) is 0 Å². The van der Waals surface area contributed by atoms with Gasteiger partial charge in [-0.25, -0.2) is 0 Å². The fourth-order valence-corrected chi connectivity index (χ4v) is 0.346. The van der Waals surface area contributed by atoms with Gasteiger partial charge >= 0.3 is 0 Å². The van der Waals surface area contributed by atoms with Crippen LogP contribution >= 0.6 is 8.35 Å². The third kappa shape index (κ3) is 0.421. The standard InChI is InChI=1S/CHN3P/c1-2-3-4-5-1/h1H/q-1. The summed E-state index contributed by atoms with van der Waals surface area (Å²) in [5, 5.41) is 6.67. The molecule has 0 atom stereocenters. The topological polar surface area (TPSA) is 38.7 Å². The Bertz CT molecular complexity index is 63.4. The summed E-state index contributed by atoms with van der Waals surface area (Å²) in [5.41, 5.74) is 0. The SMILES string of the molecule is c1nnn[p-]1. The summed E-state index contributed by atoms with van der Waals surface area (Å²) < 4.78 is 0. The van der Waals surface area contributed by atoms with Crippen molar-refractivity contribution in [3.05, 3.63) is 5.93 Å². The van der Waals surface area contributed by atoms with Gasteiger partial charge in [-0.05, 0) is 0 Å². The number of nitrogens with zero attached hydrogens (tertiary/aromatic N) is 3. The Balaban J connectivity index is 3.13. The molecule has 1 heterocycles.